The van der Waals surface area contributed by atoms with Crippen LogP contribution in [0.25, 0.3) is 0 Å². The van der Waals surface area contributed by atoms with Crippen LogP contribution >= 0.6 is 0 Å². The van der Waals surface area contributed by atoms with Crippen LogP contribution in [-0.4, -0.2) is 17.0 Å². The Balaban J connectivity index is 2.37. The van der Waals surface area contributed by atoms with Crippen molar-refractivity contribution in [2.75, 3.05) is 12.8 Å². The van der Waals surface area contributed by atoms with Gasteiger partial charge < -0.3 is 15.2 Å². The number of anilines is 1. The fourth-order valence-corrected chi connectivity index (χ4v) is 1.62. The molecule has 1 aromatic heterocycles. The van der Waals surface area contributed by atoms with E-state index < -0.39 is 4.92 Å². The van der Waals surface area contributed by atoms with Crippen molar-refractivity contribution in [1.82, 2.24) is 4.98 Å². The summed E-state index contributed by atoms with van der Waals surface area (Å²) in [6.45, 7) is 1.72. The molecule has 0 unspecified atom stereocenters. The smallest absolute Gasteiger partial charge is 0.331 e. The van der Waals surface area contributed by atoms with E-state index in [4.69, 9.17) is 15.2 Å². The third kappa shape index (κ3) is 2.77. The number of benzene rings is 1. The van der Waals surface area contributed by atoms with Crippen molar-refractivity contribution < 1.29 is 14.4 Å². The van der Waals surface area contributed by atoms with Crippen LogP contribution in [-0.2, 0) is 0 Å². The lowest BCUT2D eigenvalue weighted by atomic mass is 10.2. The van der Waals surface area contributed by atoms with Crippen molar-refractivity contribution in [2.24, 2.45) is 0 Å². The maximum Gasteiger partial charge on any atom is 0.331 e. The zero-order valence-corrected chi connectivity index (χ0v) is 11.0. The molecular weight excluding hydrogens is 262 g/mol. The lowest BCUT2D eigenvalue weighted by Gasteiger charge is -2.09. The first-order valence-corrected chi connectivity index (χ1v) is 5.73. The molecule has 0 aliphatic rings. The van der Waals surface area contributed by atoms with E-state index in [2.05, 4.69) is 4.98 Å². The molecule has 7 nitrogen and oxygen atoms in total. The first-order chi connectivity index (χ1) is 9.51. The van der Waals surface area contributed by atoms with Gasteiger partial charge >= 0.3 is 5.69 Å². The topological polar surface area (TPSA) is 101 Å². The van der Waals surface area contributed by atoms with Gasteiger partial charge in [0, 0.05) is 18.3 Å². The van der Waals surface area contributed by atoms with Gasteiger partial charge in [0.15, 0.2) is 0 Å². The standard InChI is InChI=1S/C13H13N3O4/c1-8-5-11(16(17)18)13(15-7-8)20-9-3-4-10(14)12(6-9)19-2/h3-7H,14H2,1-2H3. The zero-order chi connectivity index (χ0) is 14.7. The summed E-state index contributed by atoms with van der Waals surface area (Å²) in [5.41, 5.74) is 6.62. The quantitative estimate of drug-likeness (QED) is 0.523. The third-order valence-electron chi connectivity index (χ3n) is 2.59. The second-order valence-corrected chi connectivity index (χ2v) is 4.10. The van der Waals surface area contributed by atoms with Gasteiger partial charge in [0.1, 0.15) is 11.5 Å². The average Bonchev–Trinajstić information content (AvgIpc) is 2.42. The number of methoxy groups -OCH3 is 1. The number of hydrogen-bond donors (Lipinski definition) is 1. The minimum absolute atomic E-state index is 0.0765. The molecule has 2 rings (SSSR count). The van der Waals surface area contributed by atoms with Crippen LogP contribution < -0.4 is 15.2 Å². The Bertz CT molecular complexity index is 658. The van der Waals surface area contributed by atoms with Crippen LogP contribution in [0.15, 0.2) is 30.5 Å². The largest absolute Gasteiger partial charge is 0.494 e. The minimum atomic E-state index is -0.538. The first kappa shape index (κ1) is 13.6. The Morgan fingerprint density at radius 2 is 2.10 bits per heavy atom. The Hall–Kier alpha value is -2.83. The molecule has 7 heteroatoms. The summed E-state index contributed by atoms with van der Waals surface area (Å²) >= 11 is 0. The van der Waals surface area contributed by atoms with E-state index in [1.165, 1.54) is 19.4 Å². The summed E-state index contributed by atoms with van der Waals surface area (Å²) in [7, 11) is 1.47. The molecule has 0 aliphatic carbocycles. The van der Waals surface area contributed by atoms with E-state index in [1.807, 2.05) is 0 Å². The number of pyridine rings is 1. The monoisotopic (exact) mass is 275 g/mol. The predicted octanol–water partition coefficient (Wildman–Crippen LogP) is 2.68. The van der Waals surface area contributed by atoms with Crippen molar-refractivity contribution in [3.63, 3.8) is 0 Å². The highest BCUT2D eigenvalue weighted by atomic mass is 16.6. The molecule has 0 bridgehead atoms. The molecule has 20 heavy (non-hydrogen) atoms. The maximum absolute atomic E-state index is 11.0. The Labute approximate surface area is 115 Å². The SMILES string of the molecule is COc1cc(Oc2ncc(C)cc2[N+](=O)[O-])ccc1N. The van der Waals surface area contributed by atoms with Gasteiger partial charge in [0.05, 0.1) is 17.7 Å². The fourth-order valence-electron chi connectivity index (χ4n) is 1.62. The van der Waals surface area contributed by atoms with Crippen LogP contribution in [0.5, 0.6) is 17.4 Å². The molecule has 0 aliphatic heterocycles. The van der Waals surface area contributed by atoms with Crippen molar-refractivity contribution >= 4 is 11.4 Å². The van der Waals surface area contributed by atoms with Crippen molar-refractivity contribution in [1.29, 1.82) is 0 Å². The highest BCUT2D eigenvalue weighted by molar-refractivity contribution is 5.56. The molecule has 2 N–H and O–H groups in total. The van der Waals surface area contributed by atoms with Crippen molar-refractivity contribution in [2.45, 2.75) is 6.92 Å². The molecule has 1 aromatic carbocycles. The summed E-state index contributed by atoms with van der Waals surface area (Å²) in [5, 5.41) is 11.0. The molecule has 2 aromatic rings. The Morgan fingerprint density at radius 1 is 1.35 bits per heavy atom. The molecule has 1 heterocycles. The molecule has 0 radical (unpaired) electrons. The van der Waals surface area contributed by atoms with Crippen LogP contribution in [0.2, 0.25) is 0 Å². The van der Waals surface area contributed by atoms with Crippen LogP contribution in [0.4, 0.5) is 11.4 Å². The van der Waals surface area contributed by atoms with Gasteiger partial charge in [0.2, 0.25) is 0 Å². The number of nitrogens with two attached hydrogens (primary N) is 1. The summed E-state index contributed by atoms with van der Waals surface area (Å²) in [5.74, 6) is 0.709. The van der Waals surface area contributed by atoms with Crippen LogP contribution in [0.1, 0.15) is 5.56 Å². The third-order valence-corrected chi connectivity index (χ3v) is 2.59. The Morgan fingerprint density at radius 3 is 2.75 bits per heavy atom. The van der Waals surface area contributed by atoms with Crippen molar-refractivity contribution in [3.05, 3.63) is 46.1 Å². The zero-order valence-electron chi connectivity index (χ0n) is 11.0. The highest BCUT2D eigenvalue weighted by Gasteiger charge is 2.18. The lowest BCUT2D eigenvalue weighted by molar-refractivity contribution is -0.386. The number of aryl methyl sites for hydroxylation is 1. The van der Waals surface area contributed by atoms with Gasteiger partial charge in [-0.1, -0.05) is 0 Å². The number of nitrogen functional groups attached to an aromatic ring is 1. The van der Waals surface area contributed by atoms with Gasteiger partial charge in [-0.05, 0) is 24.6 Å². The molecule has 0 amide bonds. The van der Waals surface area contributed by atoms with Gasteiger partial charge in [-0.15, -0.1) is 0 Å². The summed E-state index contributed by atoms with van der Waals surface area (Å²) < 4.78 is 10.5. The number of hydrogen-bond acceptors (Lipinski definition) is 6. The highest BCUT2D eigenvalue weighted by Crippen LogP contribution is 2.33. The number of rotatable bonds is 4. The number of nitrogens with zero attached hydrogens (tertiary/aromatic N) is 2. The summed E-state index contributed by atoms with van der Waals surface area (Å²) in [6, 6.07) is 6.12. The molecule has 0 saturated carbocycles. The van der Waals surface area contributed by atoms with Crippen LogP contribution in [0.3, 0.4) is 0 Å². The summed E-state index contributed by atoms with van der Waals surface area (Å²) in [4.78, 5) is 14.4. The van der Waals surface area contributed by atoms with E-state index in [1.54, 1.807) is 25.1 Å². The van der Waals surface area contributed by atoms with E-state index >= 15 is 0 Å². The fraction of sp³-hybridized carbons (Fsp3) is 0.154. The van der Waals surface area contributed by atoms with E-state index in [0.29, 0.717) is 22.7 Å². The van der Waals surface area contributed by atoms with E-state index in [9.17, 15) is 10.1 Å². The number of nitro groups is 1. The predicted molar refractivity (Wildman–Crippen MR) is 73.1 cm³/mol. The second-order valence-electron chi connectivity index (χ2n) is 4.10. The minimum Gasteiger partial charge on any atom is -0.494 e. The first-order valence-electron chi connectivity index (χ1n) is 5.73. The van der Waals surface area contributed by atoms with Crippen LogP contribution in [0, 0.1) is 17.0 Å². The van der Waals surface area contributed by atoms with Gasteiger partial charge in [-0.2, -0.15) is 0 Å². The Kier molecular flexibility index (Phi) is 3.69. The lowest BCUT2D eigenvalue weighted by Crippen LogP contribution is -1.98. The molecule has 0 spiro atoms. The van der Waals surface area contributed by atoms with E-state index in [0.717, 1.165) is 0 Å². The van der Waals surface area contributed by atoms with E-state index in [-0.39, 0.29) is 11.6 Å². The molecule has 0 saturated heterocycles. The maximum atomic E-state index is 11.0. The normalized spacial score (nSPS) is 10.1. The molecule has 0 atom stereocenters. The molecule has 0 fully saturated rings. The molecule has 104 valence electrons. The average molecular weight is 275 g/mol. The van der Waals surface area contributed by atoms with Gasteiger partial charge in [0.25, 0.3) is 5.88 Å². The number of aromatic nitrogens is 1. The van der Waals surface area contributed by atoms with Gasteiger partial charge in [-0.25, -0.2) is 4.98 Å². The van der Waals surface area contributed by atoms with Crippen molar-refractivity contribution in [3.8, 4) is 17.4 Å². The second kappa shape index (κ2) is 5.43. The number of ether oxygens (including phenoxy) is 2. The van der Waals surface area contributed by atoms with Gasteiger partial charge in [-0.3, -0.25) is 10.1 Å². The summed E-state index contributed by atoms with van der Waals surface area (Å²) in [6.07, 6.45) is 1.50. The molecular formula is C13H13N3O4.